The van der Waals surface area contributed by atoms with Gasteiger partial charge in [0.05, 0.1) is 6.54 Å². The summed E-state index contributed by atoms with van der Waals surface area (Å²) in [7, 11) is 0. The number of amides is 1. The first-order chi connectivity index (χ1) is 9.60. The van der Waals surface area contributed by atoms with Crippen LogP contribution in [0.2, 0.25) is 0 Å². The lowest BCUT2D eigenvalue weighted by molar-refractivity contribution is 0.0753. The van der Waals surface area contributed by atoms with Gasteiger partial charge in [-0.3, -0.25) is 4.79 Å². The summed E-state index contributed by atoms with van der Waals surface area (Å²) in [5.74, 6) is 5.88. The van der Waals surface area contributed by atoms with Gasteiger partial charge in [0.15, 0.2) is 0 Å². The van der Waals surface area contributed by atoms with E-state index in [1.807, 2.05) is 40.9 Å². The molecular weight excluding hydrogens is 268 g/mol. The minimum Gasteiger partial charge on any atom is -0.336 e. The molecule has 2 N–H and O–H groups in total. The largest absolute Gasteiger partial charge is 0.336 e. The number of hydrogen-bond donors (Lipinski definition) is 1. The molecule has 2 unspecified atom stereocenters. The fourth-order valence-electron chi connectivity index (χ4n) is 2.41. The molecule has 0 radical (unpaired) electrons. The predicted octanol–water partition coefficient (Wildman–Crippen LogP) is 1.96. The number of carbonyl (C=O) groups excluding carboxylic acids is 1. The molecule has 1 aromatic carbocycles. The van der Waals surface area contributed by atoms with E-state index >= 15 is 0 Å². The highest BCUT2D eigenvalue weighted by Gasteiger charge is 2.26. The van der Waals surface area contributed by atoms with Gasteiger partial charge in [-0.15, -0.1) is 0 Å². The van der Waals surface area contributed by atoms with Crippen LogP contribution in [0.3, 0.4) is 0 Å². The van der Waals surface area contributed by atoms with Crippen molar-refractivity contribution in [3.05, 3.63) is 35.4 Å². The van der Waals surface area contributed by atoms with E-state index in [0.29, 0.717) is 22.6 Å². The highest BCUT2D eigenvalue weighted by molar-refractivity contribution is 8.00. The van der Waals surface area contributed by atoms with Crippen LogP contribution in [-0.2, 0) is 0 Å². The van der Waals surface area contributed by atoms with E-state index in [4.69, 9.17) is 5.73 Å². The lowest BCUT2D eigenvalue weighted by Crippen LogP contribution is -2.44. The maximum Gasteiger partial charge on any atom is 0.253 e. The molecule has 4 heteroatoms. The summed E-state index contributed by atoms with van der Waals surface area (Å²) in [4.78, 5) is 14.5. The zero-order chi connectivity index (χ0) is 14.5. The maximum atomic E-state index is 12.6. The van der Waals surface area contributed by atoms with Gasteiger partial charge in [-0.2, -0.15) is 11.8 Å². The molecule has 0 saturated carbocycles. The van der Waals surface area contributed by atoms with Crippen molar-refractivity contribution in [1.82, 2.24) is 4.90 Å². The topological polar surface area (TPSA) is 46.3 Å². The van der Waals surface area contributed by atoms with E-state index < -0.39 is 0 Å². The third kappa shape index (κ3) is 3.78. The fraction of sp³-hybridized carbons (Fsp3) is 0.438. The quantitative estimate of drug-likeness (QED) is 0.804. The monoisotopic (exact) mass is 288 g/mol. The number of carbonyl (C=O) groups is 1. The van der Waals surface area contributed by atoms with Gasteiger partial charge in [0.1, 0.15) is 0 Å². The smallest absolute Gasteiger partial charge is 0.253 e. The molecular formula is C16H20N2OS. The molecule has 1 aromatic rings. The van der Waals surface area contributed by atoms with Crippen LogP contribution in [0, 0.1) is 11.8 Å². The molecule has 0 aromatic heterocycles. The lowest BCUT2D eigenvalue weighted by atomic mass is 10.1. The second-order valence-corrected chi connectivity index (χ2v) is 6.94. The van der Waals surface area contributed by atoms with E-state index in [1.54, 1.807) is 0 Å². The molecule has 0 aliphatic carbocycles. The second-order valence-electron chi connectivity index (χ2n) is 5.05. The lowest BCUT2D eigenvalue weighted by Gasteiger charge is -2.34. The number of nitrogens with zero attached hydrogens (tertiary/aromatic N) is 1. The number of benzene rings is 1. The van der Waals surface area contributed by atoms with Gasteiger partial charge < -0.3 is 10.6 Å². The average molecular weight is 288 g/mol. The van der Waals surface area contributed by atoms with Crippen molar-refractivity contribution in [3.8, 4) is 11.8 Å². The van der Waals surface area contributed by atoms with Crippen LogP contribution in [0.1, 0.15) is 29.8 Å². The van der Waals surface area contributed by atoms with Crippen molar-refractivity contribution in [3.63, 3.8) is 0 Å². The Morgan fingerprint density at radius 2 is 2.10 bits per heavy atom. The van der Waals surface area contributed by atoms with E-state index in [0.717, 1.165) is 18.7 Å². The van der Waals surface area contributed by atoms with Gasteiger partial charge in [0, 0.05) is 34.7 Å². The highest BCUT2D eigenvalue weighted by Crippen LogP contribution is 2.25. The van der Waals surface area contributed by atoms with E-state index in [-0.39, 0.29) is 5.91 Å². The summed E-state index contributed by atoms with van der Waals surface area (Å²) in [6.07, 6.45) is 0. The Kier molecular flexibility index (Phi) is 5.11. The van der Waals surface area contributed by atoms with Gasteiger partial charge in [0.2, 0.25) is 0 Å². The third-order valence-electron chi connectivity index (χ3n) is 3.15. The van der Waals surface area contributed by atoms with Gasteiger partial charge in [0.25, 0.3) is 5.91 Å². The Bertz CT molecular complexity index is 537. The van der Waals surface area contributed by atoms with Crippen molar-refractivity contribution in [2.75, 3.05) is 19.6 Å². The first-order valence-corrected chi connectivity index (χ1v) is 7.78. The van der Waals surface area contributed by atoms with Crippen molar-refractivity contribution < 1.29 is 4.79 Å². The number of rotatable bonds is 1. The normalized spacial score (nSPS) is 22.1. The molecule has 1 fully saturated rings. The molecule has 1 aliphatic rings. The van der Waals surface area contributed by atoms with Crippen LogP contribution < -0.4 is 5.73 Å². The minimum absolute atomic E-state index is 0.0976. The van der Waals surface area contributed by atoms with Crippen LogP contribution >= 0.6 is 11.8 Å². The van der Waals surface area contributed by atoms with Gasteiger partial charge >= 0.3 is 0 Å². The first-order valence-electron chi connectivity index (χ1n) is 6.84. The molecule has 1 amide bonds. The first kappa shape index (κ1) is 15.0. The maximum absolute atomic E-state index is 12.6. The van der Waals surface area contributed by atoms with Crippen LogP contribution in [0.25, 0.3) is 0 Å². The van der Waals surface area contributed by atoms with Gasteiger partial charge in [-0.25, -0.2) is 0 Å². The summed E-state index contributed by atoms with van der Waals surface area (Å²) >= 11 is 1.94. The Labute approximate surface area is 124 Å². The molecule has 1 heterocycles. The summed E-state index contributed by atoms with van der Waals surface area (Å²) in [6, 6.07) is 7.48. The van der Waals surface area contributed by atoms with Crippen molar-refractivity contribution in [2.45, 2.75) is 24.3 Å². The molecule has 3 nitrogen and oxygen atoms in total. The Morgan fingerprint density at radius 3 is 2.75 bits per heavy atom. The summed E-state index contributed by atoms with van der Waals surface area (Å²) in [5.41, 5.74) is 6.92. The standard InChI is InChI=1S/C16H20N2OS/c1-12-10-18(11-13(2)20-12)16(19)15-7-3-5-14(9-15)6-4-8-17/h3,5,7,9,12-13H,8,10-11,17H2,1-2H3. The number of thioether (sulfide) groups is 1. The second kappa shape index (κ2) is 6.83. The summed E-state index contributed by atoms with van der Waals surface area (Å²) in [6.45, 7) is 6.29. The molecule has 2 atom stereocenters. The number of hydrogen-bond acceptors (Lipinski definition) is 3. The molecule has 106 valence electrons. The molecule has 0 spiro atoms. The molecule has 1 aliphatic heterocycles. The fourth-order valence-corrected chi connectivity index (χ4v) is 3.73. The number of nitrogens with two attached hydrogens (primary N) is 1. The summed E-state index contributed by atoms with van der Waals surface area (Å²) < 4.78 is 0. The van der Waals surface area contributed by atoms with Crippen molar-refractivity contribution in [1.29, 1.82) is 0 Å². The van der Waals surface area contributed by atoms with Crippen LogP contribution in [0.5, 0.6) is 0 Å². The van der Waals surface area contributed by atoms with Gasteiger partial charge in [-0.1, -0.05) is 31.8 Å². The third-order valence-corrected chi connectivity index (χ3v) is 4.38. The van der Waals surface area contributed by atoms with Gasteiger partial charge in [-0.05, 0) is 18.2 Å². The highest BCUT2D eigenvalue weighted by atomic mass is 32.2. The van der Waals surface area contributed by atoms with E-state index in [1.165, 1.54) is 0 Å². The van der Waals surface area contributed by atoms with E-state index in [9.17, 15) is 4.79 Å². The Morgan fingerprint density at radius 1 is 1.40 bits per heavy atom. The van der Waals surface area contributed by atoms with Crippen molar-refractivity contribution in [2.24, 2.45) is 5.73 Å². The van der Waals surface area contributed by atoms with Crippen molar-refractivity contribution >= 4 is 17.7 Å². The van der Waals surface area contributed by atoms with Crippen LogP contribution in [0.4, 0.5) is 0 Å². The molecule has 2 rings (SSSR count). The predicted molar refractivity (Wildman–Crippen MR) is 84.8 cm³/mol. The summed E-state index contributed by atoms with van der Waals surface area (Å²) in [5, 5.41) is 0.978. The zero-order valence-electron chi connectivity index (χ0n) is 11.9. The van der Waals surface area contributed by atoms with Crippen LogP contribution in [0.15, 0.2) is 24.3 Å². The SMILES string of the molecule is CC1CN(C(=O)c2cccc(C#CCN)c2)CC(C)S1. The zero-order valence-corrected chi connectivity index (χ0v) is 12.7. The Balaban J connectivity index is 2.16. The average Bonchev–Trinajstić information content (AvgIpc) is 2.43. The molecule has 20 heavy (non-hydrogen) atoms. The van der Waals surface area contributed by atoms with Crippen LogP contribution in [-0.4, -0.2) is 40.9 Å². The molecule has 1 saturated heterocycles. The Hall–Kier alpha value is -1.44. The minimum atomic E-state index is 0.0976. The van der Waals surface area contributed by atoms with E-state index in [2.05, 4.69) is 25.7 Å². The molecule has 0 bridgehead atoms.